The second kappa shape index (κ2) is 40.6. The number of hydrogen-bond acceptors (Lipinski definition) is 10. The summed E-state index contributed by atoms with van der Waals surface area (Å²) in [6, 6.07) is 0. The van der Waals surface area contributed by atoms with Gasteiger partial charge >= 0.3 is 17.9 Å². The molecule has 0 saturated carbocycles. The Morgan fingerprint density at radius 3 is 1.48 bits per heavy atom. The summed E-state index contributed by atoms with van der Waals surface area (Å²) in [5, 5.41) is 3.47. The third kappa shape index (κ3) is 29.8. The van der Waals surface area contributed by atoms with Crippen molar-refractivity contribution in [3.63, 3.8) is 0 Å². The number of thiophene rings is 1. The normalized spacial score (nSPS) is 12.9. The molecule has 2 heterocycles. The Morgan fingerprint density at radius 2 is 1.00 bits per heavy atom. The molecule has 398 valence electrons. The zero-order chi connectivity index (χ0) is 50.3. The minimum atomic E-state index is -0.456. The lowest BCUT2D eigenvalue weighted by atomic mass is 10.0. The van der Waals surface area contributed by atoms with E-state index in [9.17, 15) is 24.0 Å². The molecule has 1 N–H and O–H groups in total. The van der Waals surface area contributed by atoms with Gasteiger partial charge in [0, 0.05) is 43.6 Å². The van der Waals surface area contributed by atoms with Gasteiger partial charge in [0.25, 0.3) is 0 Å². The van der Waals surface area contributed by atoms with E-state index in [1.54, 1.807) is 0 Å². The summed E-state index contributed by atoms with van der Waals surface area (Å²) < 4.78 is 17.8. The lowest BCUT2D eigenvalue weighted by Gasteiger charge is -2.27. The zero-order valence-corrected chi connectivity index (χ0v) is 45.8. The number of amides is 2. The molecule has 0 bridgehead atoms. The van der Waals surface area contributed by atoms with E-state index in [0.29, 0.717) is 75.0 Å². The molecule has 11 nitrogen and oxygen atoms in total. The van der Waals surface area contributed by atoms with Crippen molar-refractivity contribution < 1.29 is 38.2 Å². The highest BCUT2D eigenvalue weighted by molar-refractivity contribution is 7.17. The van der Waals surface area contributed by atoms with Crippen LogP contribution in [0.1, 0.15) is 273 Å². The van der Waals surface area contributed by atoms with E-state index in [0.717, 1.165) is 74.8 Å². The maximum absolute atomic E-state index is 13.6. The number of esters is 3. The first-order chi connectivity index (χ1) is 33.5. The number of fused-ring (bicyclic) bond motifs is 1. The van der Waals surface area contributed by atoms with Crippen LogP contribution in [-0.4, -0.2) is 85.5 Å². The average molecular weight is 989 g/mol. The summed E-state index contributed by atoms with van der Waals surface area (Å²) in [5.41, 5.74) is 1.23. The molecular formula is C57H101N3O8S. The molecule has 0 aliphatic carbocycles. The third-order valence-corrected chi connectivity index (χ3v) is 14.7. The van der Waals surface area contributed by atoms with Gasteiger partial charge in [0.05, 0.1) is 18.7 Å². The molecule has 0 radical (unpaired) electrons. The average Bonchev–Trinajstić information content (AvgIpc) is 3.69. The molecule has 1 unspecified atom stereocenters. The Hall–Kier alpha value is -2.99. The van der Waals surface area contributed by atoms with E-state index in [4.69, 9.17) is 14.2 Å². The number of ether oxygens (including phenoxy) is 3. The Labute approximate surface area is 425 Å². The highest BCUT2D eigenvalue weighted by atomic mass is 32.1. The van der Waals surface area contributed by atoms with Crippen molar-refractivity contribution in [2.24, 2.45) is 0 Å². The summed E-state index contributed by atoms with van der Waals surface area (Å²) in [5.74, 6) is -0.992. The summed E-state index contributed by atoms with van der Waals surface area (Å²) >= 11 is 1.34. The first-order valence-electron chi connectivity index (χ1n) is 28.5. The Kier molecular flexibility index (Phi) is 36.5. The highest BCUT2D eigenvalue weighted by Gasteiger charge is 2.31. The van der Waals surface area contributed by atoms with Crippen molar-refractivity contribution >= 4 is 46.1 Å². The van der Waals surface area contributed by atoms with E-state index in [-0.39, 0.29) is 55.4 Å². The van der Waals surface area contributed by atoms with Crippen LogP contribution in [0.3, 0.4) is 0 Å². The first kappa shape index (κ1) is 62.1. The largest absolute Gasteiger partial charge is 0.462 e. The molecule has 1 aromatic rings. The van der Waals surface area contributed by atoms with Gasteiger partial charge in [-0.3, -0.25) is 19.2 Å². The highest BCUT2D eigenvalue weighted by Crippen LogP contribution is 2.38. The predicted molar refractivity (Wildman–Crippen MR) is 285 cm³/mol. The Bertz CT molecular complexity index is 1520. The second-order valence-electron chi connectivity index (χ2n) is 20.3. The number of hydrogen-bond donors (Lipinski definition) is 1. The standard InChI is InChI=1S/C57H101N3O8S/c1-7-11-15-19-22-26-35-47(34-25-18-14-10-4)67-53(63)40-31-29-38-51(61)58-56-55(57(65)66-45-33-43-59(5)6)49-42-44-60(46-50(49)69-56)52(62)39-30-32-41-54(64)68-48(36-27-23-20-16-12-8-2)37-28-24-21-17-13-9-3/h47-48H,7-46H2,1-6H3,(H,58,61). The van der Waals surface area contributed by atoms with Crippen LogP contribution < -0.4 is 5.32 Å². The molecule has 2 rings (SSSR count). The minimum Gasteiger partial charge on any atom is -0.462 e. The molecule has 2 amide bonds. The minimum absolute atomic E-state index is 0.0160. The monoisotopic (exact) mass is 988 g/mol. The number of rotatable bonds is 44. The van der Waals surface area contributed by atoms with Crippen LogP contribution in [0.5, 0.6) is 0 Å². The maximum Gasteiger partial charge on any atom is 0.341 e. The van der Waals surface area contributed by atoms with Crippen molar-refractivity contribution in [2.75, 3.05) is 39.1 Å². The second-order valence-corrected chi connectivity index (χ2v) is 21.4. The third-order valence-electron chi connectivity index (χ3n) is 13.5. The van der Waals surface area contributed by atoms with Gasteiger partial charge in [0.2, 0.25) is 11.8 Å². The number of anilines is 1. The van der Waals surface area contributed by atoms with Crippen molar-refractivity contribution in [1.29, 1.82) is 0 Å². The summed E-state index contributed by atoms with van der Waals surface area (Å²) in [6.07, 6.45) is 34.8. The lowest BCUT2D eigenvalue weighted by Crippen LogP contribution is -2.35. The van der Waals surface area contributed by atoms with Crippen LogP contribution in [0.15, 0.2) is 0 Å². The molecule has 1 aromatic heterocycles. The molecule has 0 saturated heterocycles. The zero-order valence-electron chi connectivity index (χ0n) is 45.0. The van der Waals surface area contributed by atoms with Gasteiger partial charge in [-0.15, -0.1) is 11.3 Å². The van der Waals surface area contributed by atoms with Crippen LogP contribution in [0.25, 0.3) is 0 Å². The molecular weight excluding hydrogens is 887 g/mol. The van der Waals surface area contributed by atoms with Crippen LogP contribution in [-0.2, 0) is 46.4 Å². The van der Waals surface area contributed by atoms with Crippen LogP contribution in [0.2, 0.25) is 0 Å². The van der Waals surface area contributed by atoms with E-state index in [2.05, 4.69) is 33.0 Å². The van der Waals surface area contributed by atoms with Gasteiger partial charge in [-0.1, -0.05) is 143 Å². The number of nitrogens with zero attached hydrogens (tertiary/aromatic N) is 2. The van der Waals surface area contributed by atoms with Gasteiger partial charge in [0.1, 0.15) is 17.2 Å². The quantitative estimate of drug-likeness (QED) is 0.0386. The van der Waals surface area contributed by atoms with Crippen molar-refractivity contribution in [1.82, 2.24) is 9.80 Å². The van der Waals surface area contributed by atoms with Crippen LogP contribution in [0.4, 0.5) is 5.00 Å². The fourth-order valence-electron chi connectivity index (χ4n) is 9.26. The smallest absolute Gasteiger partial charge is 0.341 e. The number of carbonyl (C=O) groups is 5. The van der Waals surface area contributed by atoms with E-state index >= 15 is 0 Å². The first-order valence-corrected chi connectivity index (χ1v) is 29.3. The topological polar surface area (TPSA) is 132 Å². The van der Waals surface area contributed by atoms with E-state index in [1.165, 1.54) is 120 Å². The molecule has 69 heavy (non-hydrogen) atoms. The Balaban J connectivity index is 1.94. The Morgan fingerprint density at radius 1 is 0.565 bits per heavy atom. The van der Waals surface area contributed by atoms with Gasteiger partial charge in [-0.05, 0) is 110 Å². The fourth-order valence-corrected chi connectivity index (χ4v) is 10.5. The van der Waals surface area contributed by atoms with Gasteiger partial charge in [0.15, 0.2) is 0 Å². The summed E-state index contributed by atoms with van der Waals surface area (Å²) in [7, 11) is 3.95. The van der Waals surface area contributed by atoms with Crippen molar-refractivity contribution in [3.05, 3.63) is 16.0 Å². The number of nitrogens with one attached hydrogen (secondary N) is 1. The number of unbranched alkanes of at least 4 members (excludes halogenated alkanes) is 20. The fraction of sp³-hybridized carbons (Fsp3) is 0.842. The molecule has 12 heteroatoms. The molecule has 0 aromatic carbocycles. The molecule has 1 aliphatic rings. The van der Waals surface area contributed by atoms with Gasteiger partial charge in [-0.2, -0.15) is 0 Å². The maximum atomic E-state index is 13.6. The van der Waals surface area contributed by atoms with Gasteiger partial charge in [-0.25, -0.2) is 4.79 Å². The van der Waals surface area contributed by atoms with Gasteiger partial charge < -0.3 is 29.3 Å². The van der Waals surface area contributed by atoms with Crippen LogP contribution in [0, 0.1) is 0 Å². The van der Waals surface area contributed by atoms with Crippen molar-refractivity contribution in [2.45, 2.75) is 278 Å². The summed E-state index contributed by atoms with van der Waals surface area (Å²) in [4.78, 5) is 71.2. The van der Waals surface area contributed by atoms with Crippen molar-refractivity contribution in [3.8, 4) is 0 Å². The van der Waals surface area contributed by atoms with Crippen LogP contribution >= 0.6 is 11.3 Å². The molecule has 0 fully saturated rings. The molecule has 1 atom stereocenters. The molecule has 0 spiro atoms. The van der Waals surface area contributed by atoms with E-state index in [1.807, 2.05) is 23.9 Å². The predicted octanol–water partition coefficient (Wildman–Crippen LogP) is 14.8. The SMILES string of the molecule is CCCCCCCCC(CCCCCC)OC(=O)CCCCC(=O)Nc1sc2c(c1C(=O)OCCCN(C)C)CCN(C(=O)CCCCC(=O)OC(CCCCCCCC)CCCCCCCC)C2. The number of carbonyl (C=O) groups excluding carboxylic acids is 5. The lowest BCUT2D eigenvalue weighted by molar-refractivity contribution is -0.151. The molecule has 1 aliphatic heterocycles. The summed E-state index contributed by atoms with van der Waals surface area (Å²) in [6.45, 7) is 10.8. The van der Waals surface area contributed by atoms with E-state index < -0.39 is 5.97 Å².